The molecule has 2 N–H and O–H groups in total. The molecule has 11 nitrogen and oxygen atoms in total. The summed E-state index contributed by atoms with van der Waals surface area (Å²) < 4.78 is 99.0. The Labute approximate surface area is 370 Å². The Bertz CT molecular complexity index is 1420. The number of rotatable bonds is 14. The van der Waals surface area contributed by atoms with Gasteiger partial charge in [0.1, 0.15) is 11.5 Å². The number of hydrogen-bond donors (Lipinski definition) is 2. The molecule has 0 fully saturated rings. The summed E-state index contributed by atoms with van der Waals surface area (Å²) in [5.74, 6) is -2.10. The number of aryl methyl sites for hydroxylation is 3. The molecule has 0 radical (unpaired) electrons. The summed E-state index contributed by atoms with van der Waals surface area (Å²) in [4.78, 5) is 0. The maximum Gasteiger partial charge on any atom is 1.00 e. The molecule has 0 aromatic heterocycles. The van der Waals surface area contributed by atoms with E-state index < -0.39 is 53.0 Å². The molecule has 0 unspecified atom stereocenters. The largest absolute Gasteiger partial charge is 1.00 e. The summed E-state index contributed by atoms with van der Waals surface area (Å²) in [5.41, 5.74) is 1.69. The van der Waals surface area contributed by atoms with E-state index in [0.717, 1.165) is 0 Å². The van der Waals surface area contributed by atoms with E-state index >= 15 is 0 Å². The monoisotopic (exact) mass is 708 g/mol. The van der Waals surface area contributed by atoms with Gasteiger partial charge in [-0.25, -0.2) is 25.3 Å². The van der Waals surface area contributed by atoms with Crippen molar-refractivity contribution in [2.24, 2.45) is 0 Å². The molecule has 0 heterocycles. The van der Waals surface area contributed by atoms with E-state index in [2.05, 4.69) is 0 Å². The fraction of sp³-hybridized carbons (Fsp3) is 0.500. The van der Waals surface area contributed by atoms with Crippen molar-refractivity contribution in [3.63, 3.8) is 0 Å². The van der Waals surface area contributed by atoms with Crippen molar-refractivity contribution in [3.05, 3.63) is 58.1 Å². The molecular weight excluding hydrogens is 678 g/mol. The normalized spacial score (nSPS) is 12.1. The second-order valence-electron chi connectivity index (χ2n) is 9.71. The van der Waals surface area contributed by atoms with E-state index in [1.807, 2.05) is 13.8 Å². The number of phenolic OH excluding ortho intramolecular Hbond substituents is 2. The van der Waals surface area contributed by atoms with Crippen molar-refractivity contribution in [2.45, 2.75) is 57.8 Å². The SMILES string of the molecule is CC(C)(c1ccc(O)c(CCCS(=O)(=O)[O-])c1)c1cc(CCCS(=O)(=O)[O-])c(O)c(CCCS(=O)(=O)[O-])c1.[K+].[K+].[K+]. The summed E-state index contributed by atoms with van der Waals surface area (Å²) in [5, 5.41) is 21.0. The Morgan fingerprint density at radius 2 is 0.951 bits per heavy atom. The van der Waals surface area contributed by atoms with Crippen LogP contribution in [-0.2, 0) is 55.0 Å². The molecule has 2 aromatic rings. The van der Waals surface area contributed by atoms with Gasteiger partial charge in [-0.05, 0) is 72.4 Å². The maximum atomic E-state index is 11.0. The molecular formula is C24H31K3O11S3. The Balaban J connectivity index is 0. The number of aromatic hydroxyl groups is 2. The standard InChI is InChI=1S/C24H34O11S3.3K/c1-24(2,20-9-10-22(25)17(14-20)6-3-11-36(27,28)29)21-15-18(7-4-12-37(30,31)32)23(26)19(16-21)8-5-13-38(33,34)35;;;/h9-10,14-16,25-26H,3-8,11-13H2,1-2H3,(H,27,28,29)(H,30,31,32)(H,33,34,35);;;/q;3*+1/p-3. The molecule has 2 aromatic carbocycles. The molecule has 0 aliphatic heterocycles. The van der Waals surface area contributed by atoms with Crippen LogP contribution in [0.4, 0.5) is 0 Å². The van der Waals surface area contributed by atoms with E-state index in [-0.39, 0.29) is 204 Å². The van der Waals surface area contributed by atoms with Gasteiger partial charge in [0.2, 0.25) is 0 Å². The topological polar surface area (TPSA) is 212 Å². The molecule has 214 valence electrons. The van der Waals surface area contributed by atoms with Crippen molar-refractivity contribution in [1.29, 1.82) is 0 Å². The van der Waals surface area contributed by atoms with Gasteiger partial charge in [0.25, 0.3) is 0 Å². The van der Waals surface area contributed by atoms with E-state index in [9.17, 15) is 49.1 Å². The van der Waals surface area contributed by atoms with Crippen molar-refractivity contribution in [2.75, 3.05) is 17.3 Å². The molecule has 0 aliphatic rings. The quantitative estimate of drug-likeness (QED) is 0.139. The van der Waals surface area contributed by atoms with E-state index in [1.165, 1.54) is 6.07 Å². The molecule has 41 heavy (non-hydrogen) atoms. The van der Waals surface area contributed by atoms with Crippen LogP contribution in [0.2, 0.25) is 0 Å². The van der Waals surface area contributed by atoms with Crippen molar-refractivity contribution in [3.8, 4) is 11.5 Å². The Kier molecular flexibility index (Phi) is 21.8. The van der Waals surface area contributed by atoms with Crippen molar-refractivity contribution >= 4 is 30.4 Å². The first kappa shape index (κ1) is 45.8. The Morgan fingerprint density at radius 3 is 1.32 bits per heavy atom. The summed E-state index contributed by atoms with van der Waals surface area (Å²) >= 11 is 0. The molecule has 0 bridgehead atoms. The molecule has 0 atom stereocenters. The van der Waals surface area contributed by atoms with Gasteiger partial charge in [-0.3, -0.25) is 0 Å². The van der Waals surface area contributed by atoms with Crippen LogP contribution in [0.15, 0.2) is 30.3 Å². The van der Waals surface area contributed by atoms with Crippen LogP contribution in [-0.4, -0.2) is 66.4 Å². The van der Waals surface area contributed by atoms with Crippen molar-refractivity contribution < 1.29 is 203 Å². The second-order valence-corrected chi connectivity index (χ2v) is 14.3. The maximum absolute atomic E-state index is 11.0. The average Bonchev–Trinajstić information content (AvgIpc) is 2.74. The first-order valence-corrected chi connectivity index (χ1v) is 16.5. The van der Waals surface area contributed by atoms with Crippen molar-refractivity contribution in [1.82, 2.24) is 0 Å². The minimum Gasteiger partial charge on any atom is -0.748 e. The fourth-order valence-corrected chi connectivity index (χ4v) is 5.66. The summed E-state index contributed by atoms with van der Waals surface area (Å²) in [6, 6.07) is 8.07. The molecule has 0 aliphatic carbocycles. The third-order valence-electron chi connectivity index (χ3n) is 6.31. The Morgan fingerprint density at radius 1 is 0.610 bits per heavy atom. The van der Waals surface area contributed by atoms with Crippen LogP contribution in [0, 0.1) is 0 Å². The predicted octanol–water partition coefficient (Wildman–Crippen LogP) is -7.13. The van der Waals surface area contributed by atoms with Gasteiger partial charge in [-0.2, -0.15) is 0 Å². The first-order valence-electron chi connectivity index (χ1n) is 11.8. The van der Waals surface area contributed by atoms with Crippen LogP contribution < -0.4 is 154 Å². The molecule has 17 heteroatoms. The third-order valence-corrected chi connectivity index (χ3v) is 8.68. The van der Waals surface area contributed by atoms with Gasteiger partial charge >= 0.3 is 154 Å². The molecule has 0 saturated heterocycles. The molecule has 2 rings (SSSR count). The first-order chi connectivity index (χ1) is 17.3. The molecule has 0 spiro atoms. The minimum absolute atomic E-state index is 0. The van der Waals surface area contributed by atoms with E-state index in [4.69, 9.17) is 0 Å². The zero-order valence-corrected chi connectivity index (χ0v) is 35.9. The van der Waals surface area contributed by atoms with Crippen LogP contribution in [0.3, 0.4) is 0 Å². The van der Waals surface area contributed by atoms with Gasteiger partial charge in [0.15, 0.2) is 0 Å². The van der Waals surface area contributed by atoms with Gasteiger partial charge in [0, 0.05) is 22.7 Å². The average molecular weight is 709 g/mol. The third kappa shape index (κ3) is 16.9. The fourth-order valence-electron chi connectivity index (χ4n) is 4.16. The Hall–Kier alpha value is 2.68. The van der Waals surface area contributed by atoms with Crippen LogP contribution >= 0.6 is 0 Å². The van der Waals surface area contributed by atoms with Crippen LogP contribution in [0.25, 0.3) is 0 Å². The number of hydrogen-bond acceptors (Lipinski definition) is 11. The summed E-state index contributed by atoms with van der Waals surface area (Å²) in [6.45, 7) is 3.69. The second kappa shape index (κ2) is 19.5. The van der Waals surface area contributed by atoms with Gasteiger partial charge in [-0.15, -0.1) is 0 Å². The van der Waals surface area contributed by atoms with Gasteiger partial charge < -0.3 is 23.9 Å². The molecule has 0 saturated carbocycles. The van der Waals surface area contributed by atoms with E-state index in [1.54, 1.807) is 24.3 Å². The van der Waals surface area contributed by atoms with E-state index in [0.29, 0.717) is 27.8 Å². The summed E-state index contributed by atoms with van der Waals surface area (Å²) in [7, 11) is -13.3. The predicted molar refractivity (Wildman–Crippen MR) is 137 cm³/mol. The number of phenols is 2. The zero-order chi connectivity index (χ0) is 28.9. The smallest absolute Gasteiger partial charge is 0.748 e. The summed E-state index contributed by atoms with van der Waals surface area (Å²) in [6.07, 6.45) is 0.148. The minimum atomic E-state index is -4.47. The van der Waals surface area contributed by atoms with Crippen LogP contribution in [0.1, 0.15) is 60.9 Å². The van der Waals surface area contributed by atoms with Gasteiger partial charge in [-0.1, -0.05) is 38.1 Å². The molecule has 0 amide bonds. The van der Waals surface area contributed by atoms with Gasteiger partial charge in [0.05, 0.1) is 30.4 Å². The zero-order valence-electron chi connectivity index (χ0n) is 24.0. The number of benzene rings is 2. The van der Waals surface area contributed by atoms with Crippen LogP contribution in [0.5, 0.6) is 11.5 Å².